The average molecular weight is 281 g/mol. The third-order valence-corrected chi connectivity index (χ3v) is 2.65. The molecule has 2 aromatic rings. The van der Waals surface area contributed by atoms with Gasteiger partial charge in [0.25, 0.3) is 0 Å². The van der Waals surface area contributed by atoms with Gasteiger partial charge in [0.2, 0.25) is 5.88 Å². The van der Waals surface area contributed by atoms with Crippen molar-refractivity contribution >= 4 is 17.1 Å². The summed E-state index contributed by atoms with van der Waals surface area (Å²) in [6.45, 7) is 6.68. The second kappa shape index (κ2) is 5.64. The van der Waals surface area contributed by atoms with E-state index in [1.54, 1.807) is 6.20 Å². The number of nitrogens with zero attached hydrogens (tertiary/aromatic N) is 4. The molecule has 0 spiro atoms. The lowest BCUT2D eigenvalue weighted by molar-refractivity contribution is 0.193. The van der Waals surface area contributed by atoms with Crippen LogP contribution in [0.3, 0.4) is 0 Å². The Morgan fingerprint density at radius 2 is 2.05 bits per heavy atom. The van der Waals surface area contributed by atoms with Crippen molar-refractivity contribution < 1.29 is 4.74 Å². The molecule has 0 unspecified atom stereocenters. The van der Waals surface area contributed by atoms with E-state index in [0.29, 0.717) is 29.1 Å². The molecule has 2 aromatic heterocycles. The van der Waals surface area contributed by atoms with Gasteiger partial charge in [0.1, 0.15) is 29.7 Å². The fourth-order valence-corrected chi connectivity index (χ4v) is 1.71. The molecule has 2 heterocycles. The lowest BCUT2D eigenvalue weighted by Gasteiger charge is -2.18. The summed E-state index contributed by atoms with van der Waals surface area (Å²) in [5.74, 6) is 0.442. The van der Waals surface area contributed by atoms with E-state index in [4.69, 9.17) is 15.3 Å². The first kappa shape index (κ1) is 14.5. The lowest BCUT2D eigenvalue weighted by atomic mass is 9.99. The van der Waals surface area contributed by atoms with Gasteiger partial charge in [0, 0.05) is 11.8 Å². The molecule has 0 aliphatic carbocycles. The van der Waals surface area contributed by atoms with Crippen LogP contribution in [0.5, 0.6) is 5.88 Å². The minimum absolute atomic E-state index is 0.00590. The summed E-state index contributed by atoms with van der Waals surface area (Å²) in [7, 11) is 0. The van der Waals surface area contributed by atoms with E-state index in [1.165, 1.54) is 12.4 Å². The second-order valence-electron chi connectivity index (χ2n) is 5.78. The molecular formula is C15H15N5O. The quantitative estimate of drug-likeness (QED) is 0.872. The molecule has 0 aliphatic rings. The zero-order valence-corrected chi connectivity index (χ0v) is 12.1. The Balaban J connectivity index is 2.48. The molecule has 0 fully saturated rings. The first-order valence-electron chi connectivity index (χ1n) is 6.41. The molecule has 0 atom stereocenters. The van der Waals surface area contributed by atoms with Gasteiger partial charge >= 0.3 is 0 Å². The van der Waals surface area contributed by atoms with Gasteiger partial charge in [-0.05, 0) is 11.5 Å². The predicted molar refractivity (Wildman–Crippen MR) is 78.0 cm³/mol. The maximum Gasteiger partial charge on any atom is 0.226 e. The molecule has 1 N–H and O–H groups in total. The molecule has 21 heavy (non-hydrogen) atoms. The zero-order valence-electron chi connectivity index (χ0n) is 12.1. The minimum Gasteiger partial charge on any atom is -0.477 e. The molecule has 6 nitrogen and oxygen atoms in total. The van der Waals surface area contributed by atoms with Crippen LogP contribution in [0.15, 0.2) is 18.1 Å². The van der Waals surface area contributed by atoms with Crippen molar-refractivity contribution in [3.8, 4) is 18.0 Å². The van der Waals surface area contributed by atoms with Gasteiger partial charge in [-0.1, -0.05) is 20.8 Å². The number of allylic oxidation sites excluding steroid dienone is 1. The topological polar surface area (TPSA) is 98.4 Å². The summed E-state index contributed by atoms with van der Waals surface area (Å²) < 4.78 is 5.77. The maximum atomic E-state index is 8.86. The van der Waals surface area contributed by atoms with Gasteiger partial charge < -0.3 is 9.72 Å². The summed E-state index contributed by atoms with van der Waals surface area (Å²) >= 11 is 0. The Bertz CT molecular complexity index is 752. The van der Waals surface area contributed by atoms with E-state index >= 15 is 0 Å². The molecule has 0 aromatic carbocycles. The molecule has 106 valence electrons. The summed E-state index contributed by atoms with van der Waals surface area (Å²) in [4.78, 5) is 11.3. The fraction of sp³-hybridized carbons (Fsp3) is 0.333. The Kier molecular flexibility index (Phi) is 3.91. The highest BCUT2D eigenvalue weighted by molar-refractivity contribution is 5.91. The molecule has 0 bridgehead atoms. The van der Waals surface area contributed by atoms with E-state index in [9.17, 15) is 0 Å². The van der Waals surface area contributed by atoms with Crippen LogP contribution in [0, 0.1) is 28.1 Å². The zero-order chi connectivity index (χ0) is 15.5. The third-order valence-electron chi connectivity index (χ3n) is 2.65. The first-order valence-corrected chi connectivity index (χ1v) is 6.41. The van der Waals surface area contributed by atoms with Gasteiger partial charge in [-0.25, -0.2) is 9.97 Å². The average Bonchev–Trinajstić information content (AvgIpc) is 2.85. The fourth-order valence-electron chi connectivity index (χ4n) is 1.71. The number of hydrogen-bond donors (Lipinski definition) is 1. The number of H-pyrrole nitrogens is 1. The second-order valence-corrected chi connectivity index (χ2v) is 5.78. The Hall–Kier alpha value is -2.86. The molecule has 6 heteroatoms. The molecule has 0 amide bonds. The van der Waals surface area contributed by atoms with Crippen molar-refractivity contribution in [2.45, 2.75) is 20.8 Å². The van der Waals surface area contributed by atoms with E-state index in [-0.39, 0.29) is 11.0 Å². The van der Waals surface area contributed by atoms with Crippen molar-refractivity contribution in [1.29, 1.82) is 10.5 Å². The van der Waals surface area contributed by atoms with Crippen molar-refractivity contribution in [2.75, 3.05) is 6.61 Å². The van der Waals surface area contributed by atoms with Crippen LogP contribution < -0.4 is 4.74 Å². The third kappa shape index (κ3) is 3.37. The Labute approximate surface area is 122 Å². The SMILES string of the molecule is CC(C)(C)COc1ncnc2[nH]cc(C=C(C#N)C#N)c12. The van der Waals surface area contributed by atoms with E-state index in [1.807, 2.05) is 12.1 Å². The number of ether oxygens (including phenoxy) is 1. The van der Waals surface area contributed by atoms with Crippen LogP contribution in [-0.2, 0) is 0 Å². The first-order chi connectivity index (χ1) is 9.94. The normalized spacial score (nSPS) is 10.7. The molecular weight excluding hydrogens is 266 g/mol. The number of fused-ring (bicyclic) bond motifs is 1. The number of aromatic amines is 1. The molecule has 0 saturated heterocycles. The van der Waals surface area contributed by atoms with Crippen LogP contribution in [0.4, 0.5) is 0 Å². The van der Waals surface area contributed by atoms with Gasteiger partial charge in [-0.2, -0.15) is 10.5 Å². The standard InChI is InChI=1S/C15H15N5O/c1-15(2,3)8-21-14-12-11(4-10(5-16)6-17)7-18-13(12)19-9-20-14/h4,7,9H,8H2,1-3H3,(H,18,19,20). The molecule has 0 radical (unpaired) electrons. The van der Waals surface area contributed by atoms with Crippen molar-refractivity contribution in [3.63, 3.8) is 0 Å². The Morgan fingerprint density at radius 1 is 1.33 bits per heavy atom. The highest BCUT2D eigenvalue weighted by Crippen LogP contribution is 2.28. The van der Waals surface area contributed by atoms with Crippen LogP contribution >= 0.6 is 0 Å². The van der Waals surface area contributed by atoms with Crippen molar-refractivity contribution in [2.24, 2.45) is 5.41 Å². The number of nitriles is 2. The summed E-state index contributed by atoms with van der Waals surface area (Å²) in [5, 5.41) is 18.4. The highest BCUT2D eigenvalue weighted by Gasteiger charge is 2.16. The van der Waals surface area contributed by atoms with Gasteiger partial charge in [0.15, 0.2) is 0 Å². The Morgan fingerprint density at radius 3 is 2.67 bits per heavy atom. The highest BCUT2D eigenvalue weighted by atomic mass is 16.5. The van der Waals surface area contributed by atoms with Crippen LogP contribution in [-0.4, -0.2) is 21.6 Å². The van der Waals surface area contributed by atoms with Crippen LogP contribution in [0.1, 0.15) is 26.3 Å². The molecule has 2 rings (SSSR count). The van der Waals surface area contributed by atoms with E-state index < -0.39 is 0 Å². The summed E-state index contributed by atoms with van der Waals surface area (Å²) in [6.07, 6.45) is 4.59. The molecule has 0 aliphatic heterocycles. The maximum absolute atomic E-state index is 8.86. The van der Waals surface area contributed by atoms with Gasteiger partial charge in [-0.3, -0.25) is 0 Å². The van der Waals surface area contributed by atoms with E-state index in [2.05, 4.69) is 35.7 Å². The minimum atomic E-state index is -0.00590. The number of hydrogen-bond acceptors (Lipinski definition) is 5. The monoisotopic (exact) mass is 281 g/mol. The van der Waals surface area contributed by atoms with Crippen LogP contribution in [0.25, 0.3) is 17.1 Å². The summed E-state index contributed by atoms with van der Waals surface area (Å²) in [6, 6.07) is 3.67. The van der Waals surface area contributed by atoms with Gasteiger partial charge in [0.05, 0.1) is 12.0 Å². The number of nitrogens with one attached hydrogen (secondary N) is 1. The summed E-state index contributed by atoms with van der Waals surface area (Å²) in [5.41, 5.74) is 1.28. The smallest absolute Gasteiger partial charge is 0.226 e. The lowest BCUT2D eigenvalue weighted by Crippen LogP contribution is -2.17. The van der Waals surface area contributed by atoms with E-state index in [0.717, 1.165) is 0 Å². The number of rotatable bonds is 3. The largest absolute Gasteiger partial charge is 0.477 e. The number of aromatic nitrogens is 3. The van der Waals surface area contributed by atoms with Gasteiger partial charge in [-0.15, -0.1) is 0 Å². The van der Waals surface area contributed by atoms with Crippen molar-refractivity contribution in [3.05, 3.63) is 23.7 Å². The van der Waals surface area contributed by atoms with Crippen molar-refractivity contribution in [1.82, 2.24) is 15.0 Å². The van der Waals surface area contributed by atoms with Crippen LogP contribution in [0.2, 0.25) is 0 Å². The predicted octanol–water partition coefficient (Wildman–Crippen LogP) is 2.81. The molecule has 0 saturated carbocycles.